The van der Waals surface area contributed by atoms with Crippen LogP contribution in [0, 0.1) is 0 Å². The van der Waals surface area contributed by atoms with E-state index in [2.05, 4.69) is 43.4 Å². The van der Waals surface area contributed by atoms with Crippen molar-refractivity contribution < 1.29 is 4.21 Å². The van der Waals surface area contributed by atoms with Gasteiger partial charge in [0, 0.05) is 34.9 Å². The van der Waals surface area contributed by atoms with E-state index in [-0.39, 0.29) is 0 Å². The summed E-state index contributed by atoms with van der Waals surface area (Å²) in [5.74, 6) is 0.727. The first-order chi connectivity index (χ1) is 8.11. The van der Waals surface area contributed by atoms with E-state index in [1.165, 1.54) is 5.56 Å². The third kappa shape index (κ3) is 5.99. The van der Waals surface area contributed by atoms with Gasteiger partial charge in [0.2, 0.25) is 0 Å². The quantitative estimate of drug-likeness (QED) is 0.808. The fraction of sp³-hybridized carbons (Fsp3) is 0.571. The van der Waals surface area contributed by atoms with Crippen LogP contribution in [-0.2, 0) is 17.2 Å². The van der Waals surface area contributed by atoms with Gasteiger partial charge in [-0.05, 0) is 25.3 Å². The summed E-state index contributed by atoms with van der Waals surface area (Å²) in [7, 11) is -0.723. The summed E-state index contributed by atoms with van der Waals surface area (Å²) in [5.41, 5.74) is 1.36. The fourth-order valence-electron chi connectivity index (χ4n) is 2.02. The maximum absolute atomic E-state index is 11.2. The zero-order valence-corrected chi connectivity index (χ0v) is 11.8. The van der Waals surface area contributed by atoms with Crippen LogP contribution in [-0.4, -0.2) is 28.3 Å². The average Bonchev–Trinajstić information content (AvgIpc) is 2.28. The highest BCUT2D eigenvalue weighted by Crippen LogP contribution is 2.06. The van der Waals surface area contributed by atoms with Crippen LogP contribution in [0.15, 0.2) is 30.3 Å². The summed E-state index contributed by atoms with van der Waals surface area (Å²) in [6, 6.07) is 11.3. The fourth-order valence-corrected chi connectivity index (χ4v) is 2.82. The summed E-state index contributed by atoms with van der Waals surface area (Å²) in [6.07, 6.45) is 3.89. The maximum atomic E-state index is 11.2. The highest BCUT2D eigenvalue weighted by Gasteiger charge is 2.11. The molecule has 0 aliphatic carbocycles. The first-order valence-corrected chi connectivity index (χ1v) is 7.94. The molecule has 1 rings (SSSR count). The van der Waals surface area contributed by atoms with Crippen LogP contribution < -0.4 is 5.32 Å². The molecule has 3 heteroatoms. The molecule has 0 aliphatic rings. The van der Waals surface area contributed by atoms with Crippen molar-refractivity contribution >= 4 is 10.8 Å². The Hall–Kier alpha value is -0.670. The van der Waals surface area contributed by atoms with Gasteiger partial charge >= 0.3 is 0 Å². The van der Waals surface area contributed by atoms with Crippen molar-refractivity contribution in [1.82, 2.24) is 5.32 Å². The molecule has 1 aromatic carbocycles. The topological polar surface area (TPSA) is 29.1 Å². The predicted octanol–water partition coefficient (Wildman–Crippen LogP) is 2.36. The minimum atomic E-state index is -0.723. The third-order valence-electron chi connectivity index (χ3n) is 2.82. The van der Waals surface area contributed by atoms with Gasteiger partial charge in [0.15, 0.2) is 0 Å². The lowest BCUT2D eigenvalue weighted by atomic mass is 10.0. The number of hydrogen-bond acceptors (Lipinski definition) is 2. The molecule has 0 heterocycles. The molecule has 0 fully saturated rings. The van der Waals surface area contributed by atoms with Gasteiger partial charge in [-0.1, -0.05) is 37.3 Å². The van der Waals surface area contributed by atoms with Crippen LogP contribution in [0.5, 0.6) is 0 Å². The van der Waals surface area contributed by atoms with Crippen LogP contribution in [0.2, 0.25) is 0 Å². The highest BCUT2D eigenvalue weighted by atomic mass is 32.2. The van der Waals surface area contributed by atoms with Crippen LogP contribution in [0.1, 0.15) is 25.8 Å². The van der Waals surface area contributed by atoms with Gasteiger partial charge in [-0.25, -0.2) is 0 Å². The zero-order chi connectivity index (χ0) is 12.7. The van der Waals surface area contributed by atoms with Crippen molar-refractivity contribution in [2.75, 3.05) is 12.0 Å². The molecule has 0 amide bonds. The molecule has 0 saturated heterocycles. The van der Waals surface area contributed by atoms with Gasteiger partial charge in [0.05, 0.1) is 0 Å². The molecule has 1 N–H and O–H groups in total. The van der Waals surface area contributed by atoms with Crippen LogP contribution in [0.4, 0.5) is 0 Å². The third-order valence-corrected chi connectivity index (χ3v) is 3.79. The van der Waals surface area contributed by atoms with Crippen LogP contribution >= 0.6 is 0 Å². The number of hydrogen-bond donors (Lipinski definition) is 1. The van der Waals surface area contributed by atoms with Gasteiger partial charge in [0.25, 0.3) is 0 Å². The minimum Gasteiger partial charge on any atom is -0.310 e. The second-order valence-corrected chi connectivity index (χ2v) is 6.08. The minimum absolute atomic E-state index is 0.314. The lowest BCUT2D eigenvalue weighted by molar-refractivity contribution is 0.451. The molecule has 0 aliphatic heterocycles. The molecule has 3 atom stereocenters. The Bertz CT molecular complexity index is 339. The molecule has 0 bridgehead atoms. The largest absolute Gasteiger partial charge is 0.310 e. The van der Waals surface area contributed by atoms with Crippen molar-refractivity contribution in [3.05, 3.63) is 35.9 Å². The Labute approximate surface area is 107 Å². The SMILES string of the molecule is CCC(Cc1ccccc1)NC(C)CS(C)=O. The predicted molar refractivity (Wildman–Crippen MR) is 75.8 cm³/mol. The van der Waals surface area contributed by atoms with Crippen LogP contribution in [0.25, 0.3) is 0 Å². The Morgan fingerprint density at radius 1 is 1.29 bits per heavy atom. The second kappa shape index (κ2) is 7.62. The van der Waals surface area contributed by atoms with Gasteiger partial charge in [-0.3, -0.25) is 4.21 Å². The number of rotatable bonds is 7. The summed E-state index contributed by atoms with van der Waals surface area (Å²) < 4.78 is 11.2. The monoisotopic (exact) mass is 253 g/mol. The van der Waals surface area contributed by atoms with E-state index in [0.29, 0.717) is 12.1 Å². The molecular formula is C14H23NOS. The molecule has 2 nitrogen and oxygen atoms in total. The normalized spacial score (nSPS) is 16.4. The van der Waals surface area contributed by atoms with E-state index in [4.69, 9.17) is 0 Å². The Kier molecular flexibility index (Phi) is 6.45. The lowest BCUT2D eigenvalue weighted by Gasteiger charge is -2.21. The van der Waals surface area contributed by atoms with Gasteiger partial charge in [-0.2, -0.15) is 0 Å². The van der Waals surface area contributed by atoms with Crippen molar-refractivity contribution in [1.29, 1.82) is 0 Å². The first kappa shape index (κ1) is 14.4. The highest BCUT2D eigenvalue weighted by molar-refractivity contribution is 7.84. The van der Waals surface area contributed by atoms with E-state index in [0.717, 1.165) is 18.6 Å². The Morgan fingerprint density at radius 2 is 1.94 bits per heavy atom. The molecule has 96 valence electrons. The van der Waals surface area contributed by atoms with Gasteiger partial charge < -0.3 is 5.32 Å². The zero-order valence-electron chi connectivity index (χ0n) is 11.0. The number of nitrogens with one attached hydrogen (secondary N) is 1. The van der Waals surface area contributed by atoms with Crippen molar-refractivity contribution in [3.8, 4) is 0 Å². The molecule has 1 aromatic rings. The summed E-state index contributed by atoms with van der Waals surface area (Å²) >= 11 is 0. The average molecular weight is 253 g/mol. The van der Waals surface area contributed by atoms with E-state index in [1.807, 2.05) is 6.07 Å². The van der Waals surface area contributed by atoms with Crippen LogP contribution in [0.3, 0.4) is 0 Å². The van der Waals surface area contributed by atoms with Gasteiger partial charge in [0.1, 0.15) is 0 Å². The molecule has 0 radical (unpaired) electrons. The molecule has 3 unspecified atom stereocenters. The van der Waals surface area contributed by atoms with E-state index < -0.39 is 10.8 Å². The second-order valence-electron chi connectivity index (χ2n) is 4.60. The maximum Gasteiger partial charge on any atom is 0.0383 e. The van der Waals surface area contributed by atoms with E-state index in [1.54, 1.807) is 6.26 Å². The smallest absolute Gasteiger partial charge is 0.0383 e. The molecule has 0 aromatic heterocycles. The molecule has 0 saturated carbocycles. The standard InChI is InChI=1S/C14H23NOS/c1-4-14(15-12(2)11-17(3)16)10-13-8-6-5-7-9-13/h5-9,12,14-15H,4,10-11H2,1-3H3. The first-order valence-electron chi connectivity index (χ1n) is 6.21. The lowest BCUT2D eigenvalue weighted by Crippen LogP contribution is -2.40. The van der Waals surface area contributed by atoms with Crippen molar-refractivity contribution in [3.63, 3.8) is 0 Å². The van der Waals surface area contributed by atoms with Gasteiger partial charge in [-0.15, -0.1) is 0 Å². The molecular weight excluding hydrogens is 230 g/mol. The summed E-state index contributed by atoms with van der Waals surface area (Å²) in [4.78, 5) is 0. The molecule has 17 heavy (non-hydrogen) atoms. The van der Waals surface area contributed by atoms with E-state index >= 15 is 0 Å². The molecule has 0 spiro atoms. The van der Waals surface area contributed by atoms with E-state index in [9.17, 15) is 4.21 Å². The number of benzene rings is 1. The Balaban J connectivity index is 2.46. The summed E-state index contributed by atoms with van der Waals surface area (Å²) in [6.45, 7) is 4.30. The Morgan fingerprint density at radius 3 is 2.47 bits per heavy atom. The van der Waals surface area contributed by atoms with Crippen molar-refractivity contribution in [2.24, 2.45) is 0 Å². The van der Waals surface area contributed by atoms with Crippen molar-refractivity contribution in [2.45, 2.75) is 38.8 Å². The summed E-state index contributed by atoms with van der Waals surface area (Å²) in [5, 5.41) is 3.55.